The molecule has 0 aliphatic carbocycles. The van der Waals surface area contributed by atoms with E-state index in [1.54, 1.807) is 0 Å². The van der Waals surface area contributed by atoms with Crippen molar-refractivity contribution in [1.29, 1.82) is 0 Å². The maximum Gasteiger partial charge on any atom is 0.222 e. The van der Waals surface area contributed by atoms with E-state index in [0.717, 1.165) is 44.1 Å². The van der Waals surface area contributed by atoms with Crippen LogP contribution in [0.4, 0.5) is 0 Å². The number of thiol groups is 1. The van der Waals surface area contributed by atoms with Gasteiger partial charge in [-0.3, -0.25) is 19.2 Å². The van der Waals surface area contributed by atoms with Gasteiger partial charge in [-0.05, 0) is 63.4 Å². The average molecular weight is 759 g/mol. The second-order valence-electron chi connectivity index (χ2n) is 14.1. The SMILES string of the molecule is C.CCCCCCCCN(CCCCCCCC)C(=O)CCCC(=O)S.CCCCCCCCNCCCCCCCC.O=C1CCCC(=O)S1. The van der Waals surface area contributed by atoms with Gasteiger partial charge in [-0.15, -0.1) is 12.6 Å². The number of hydrogen-bond acceptors (Lipinski definition) is 6. The van der Waals surface area contributed by atoms with Gasteiger partial charge in [0.05, 0.1) is 0 Å². The number of thioether (sulfide) groups is 1. The molecule has 1 N–H and O–H groups in total. The minimum absolute atomic E-state index is 0. The molecule has 1 fully saturated rings. The number of rotatable bonds is 32. The summed E-state index contributed by atoms with van der Waals surface area (Å²) in [7, 11) is 0. The van der Waals surface area contributed by atoms with Crippen LogP contribution in [0.2, 0.25) is 0 Å². The Morgan fingerprint density at radius 2 is 0.902 bits per heavy atom. The van der Waals surface area contributed by atoms with Gasteiger partial charge in [-0.25, -0.2) is 0 Å². The molecule has 6 nitrogen and oxygen atoms in total. The Hall–Kier alpha value is -0.860. The minimum Gasteiger partial charge on any atom is -0.343 e. The molecule has 1 aliphatic heterocycles. The molecule has 8 heteroatoms. The van der Waals surface area contributed by atoms with Crippen molar-refractivity contribution in [2.45, 2.75) is 228 Å². The predicted molar refractivity (Wildman–Crippen MR) is 229 cm³/mol. The van der Waals surface area contributed by atoms with Gasteiger partial charge < -0.3 is 10.2 Å². The van der Waals surface area contributed by atoms with Crippen molar-refractivity contribution in [2.75, 3.05) is 26.2 Å². The number of carbonyl (C=O) groups excluding carboxylic acids is 4. The average Bonchev–Trinajstić information content (AvgIpc) is 3.09. The van der Waals surface area contributed by atoms with Crippen LogP contribution in [0.25, 0.3) is 0 Å². The molecule has 1 amide bonds. The summed E-state index contributed by atoms with van der Waals surface area (Å²) in [5, 5.41) is 3.51. The molecule has 0 aromatic rings. The molecular formula is C43H86N2O4S2. The number of nitrogens with one attached hydrogen (secondary N) is 1. The van der Waals surface area contributed by atoms with E-state index in [1.165, 1.54) is 154 Å². The third kappa shape index (κ3) is 45.2. The molecule has 1 heterocycles. The molecule has 0 spiro atoms. The lowest BCUT2D eigenvalue weighted by atomic mass is 10.1. The summed E-state index contributed by atoms with van der Waals surface area (Å²) in [5.74, 6) is 0.219. The number of nitrogens with zero attached hydrogens (tertiary/aromatic N) is 1. The normalized spacial score (nSPS) is 12.3. The summed E-state index contributed by atoms with van der Waals surface area (Å²) in [6.45, 7) is 13.3. The molecule has 0 atom stereocenters. The van der Waals surface area contributed by atoms with Gasteiger partial charge >= 0.3 is 0 Å². The van der Waals surface area contributed by atoms with E-state index in [4.69, 9.17) is 0 Å². The third-order valence-corrected chi connectivity index (χ3v) is 10.2. The number of unbranched alkanes of at least 4 members (excludes halogenated alkanes) is 20. The van der Waals surface area contributed by atoms with Crippen molar-refractivity contribution in [3.8, 4) is 0 Å². The van der Waals surface area contributed by atoms with Crippen LogP contribution in [0.3, 0.4) is 0 Å². The predicted octanol–water partition coefficient (Wildman–Crippen LogP) is 13.1. The van der Waals surface area contributed by atoms with Crippen LogP contribution >= 0.6 is 24.4 Å². The molecule has 0 bridgehead atoms. The second-order valence-corrected chi connectivity index (χ2v) is 15.8. The highest BCUT2D eigenvalue weighted by atomic mass is 32.2. The highest BCUT2D eigenvalue weighted by Crippen LogP contribution is 2.19. The quantitative estimate of drug-likeness (QED) is 0.0525. The molecule has 0 aromatic heterocycles. The highest BCUT2D eigenvalue weighted by molar-refractivity contribution is 8.26. The van der Waals surface area contributed by atoms with E-state index in [0.29, 0.717) is 32.1 Å². The number of hydrogen-bond donors (Lipinski definition) is 2. The first kappa shape index (κ1) is 54.5. The summed E-state index contributed by atoms with van der Waals surface area (Å²) in [6, 6.07) is 0. The first-order chi connectivity index (χ1) is 24.3. The second kappa shape index (κ2) is 45.3. The highest BCUT2D eigenvalue weighted by Gasteiger charge is 2.16. The van der Waals surface area contributed by atoms with E-state index < -0.39 is 0 Å². The fraction of sp³-hybridized carbons (Fsp3) is 0.907. The molecule has 304 valence electrons. The van der Waals surface area contributed by atoms with Gasteiger partial charge in [0.1, 0.15) is 0 Å². The summed E-state index contributed by atoms with van der Waals surface area (Å²) < 4.78 is 0. The molecule has 1 saturated heterocycles. The Morgan fingerprint density at radius 3 is 1.24 bits per heavy atom. The summed E-state index contributed by atoms with van der Waals surface area (Å²) in [6.07, 6.45) is 35.3. The zero-order valence-electron chi connectivity index (χ0n) is 33.5. The molecule has 1 aliphatic rings. The van der Waals surface area contributed by atoms with Gasteiger partial charge in [0.25, 0.3) is 0 Å². The topological polar surface area (TPSA) is 83.6 Å². The van der Waals surface area contributed by atoms with Crippen molar-refractivity contribution in [3.63, 3.8) is 0 Å². The Labute approximate surface area is 327 Å². The number of carbonyl (C=O) groups is 4. The van der Waals surface area contributed by atoms with Crippen LogP contribution in [0, 0.1) is 0 Å². The molecule has 51 heavy (non-hydrogen) atoms. The van der Waals surface area contributed by atoms with Crippen molar-refractivity contribution in [3.05, 3.63) is 0 Å². The Bertz CT molecular complexity index is 737. The standard InChI is InChI=1S/C21H41NO2S.C16H35N.C5H6O2S.CH4/c1-3-5-7-9-11-13-18-22(19-14-12-10-8-6-4-2)20(23)16-15-17-21(24)25;1-3-5-7-9-11-13-15-17-16-14-12-10-8-6-4-2;6-4-2-1-3-5(7)8-4;/h3-19H2,1-2H3,(H,24,25);17H,3-16H2,1-2H3;1-3H2;1H4. The van der Waals surface area contributed by atoms with Crippen molar-refractivity contribution in [1.82, 2.24) is 10.2 Å². The first-order valence-electron chi connectivity index (χ1n) is 21.3. The lowest BCUT2D eigenvalue weighted by Gasteiger charge is -2.23. The number of amides is 1. The Morgan fingerprint density at radius 1 is 0.549 bits per heavy atom. The lowest BCUT2D eigenvalue weighted by Crippen LogP contribution is -2.32. The molecule has 1 rings (SSSR count). The largest absolute Gasteiger partial charge is 0.343 e. The lowest BCUT2D eigenvalue weighted by molar-refractivity contribution is -0.131. The molecular weight excluding hydrogens is 673 g/mol. The van der Waals surface area contributed by atoms with E-state index >= 15 is 0 Å². The monoisotopic (exact) mass is 759 g/mol. The molecule has 0 saturated carbocycles. The smallest absolute Gasteiger partial charge is 0.222 e. The summed E-state index contributed by atoms with van der Waals surface area (Å²) >= 11 is 4.65. The van der Waals surface area contributed by atoms with E-state index in [-0.39, 0.29) is 28.7 Å². The maximum atomic E-state index is 12.4. The van der Waals surface area contributed by atoms with Crippen LogP contribution in [0.5, 0.6) is 0 Å². The van der Waals surface area contributed by atoms with E-state index in [1.807, 2.05) is 4.90 Å². The zero-order chi connectivity index (χ0) is 37.3. The van der Waals surface area contributed by atoms with Crippen LogP contribution in [-0.4, -0.2) is 52.3 Å². The van der Waals surface area contributed by atoms with Crippen molar-refractivity contribution < 1.29 is 19.2 Å². The van der Waals surface area contributed by atoms with Crippen molar-refractivity contribution in [2.24, 2.45) is 0 Å². The van der Waals surface area contributed by atoms with E-state index in [2.05, 4.69) is 45.6 Å². The molecule has 0 aromatic carbocycles. The van der Waals surface area contributed by atoms with Crippen LogP contribution in [0.1, 0.15) is 228 Å². The van der Waals surface area contributed by atoms with Gasteiger partial charge in [-0.1, -0.05) is 164 Å². The van der Waals surface area contributed by atoms with Gasteiger partial charge in [-0.2, -0.15) is 0 Å². The third-order valence-electron chi connectivity index (χ3n) is 9.10. The van der Waals surface area contributed by atoms with Crippen LogP contribution < -0.4 is 5.32 Å². The first-order valence-corrected chi connectivity index (χ1v) is 22.5. The Kier molecular flexibility index (Phi) is 48.4. The van der Waals surface area contributed by atoms with Crippen LogP contribution in [-0.2, 0) is 19.2 Å². The van der Waals surface area contributed by atoms with Gasteiger partial charge in [0.2, 0.25) is 5.91 Å². The minimum atomic E-state index is -0.119. The van der Waals surface area contributed by atoms with Gasteiger partial charge in [0.15, 0.2) is 15.3 Å². The summed E-state index contributed by atoms with van der Waals surface area (Å²) in [5.41, 5.74) is 0. The fourth-order valence-electron chi connectivity index (χ4n) is 5.87. The Balaban J connectivity index is -0.000000758. The molecule has 0 radical (unpaired) electrons. The van der Waals surface area contributed by atoms with Crippen LogP contribution in [0.15, 0.2) is 0 Å². The fourth-order valence-corrected chi connectivity index (χ4v) is 6.77. The maximum absolute atomic E-state index is 12.4. The van der Waals surface area contributed by atoms with Gasteiger partial charge in [0, 0.05) is 38.8 Å². The summed E-state index contributed by atoms with van der Waals surface area (Å²) in [4.78, 5) is 46.3. The zero-order valence-corrected chi connectivity index (χ0v) is 35.2. The molecule has 0 unspecified atom stereocenters. The van der Waals surface area contributed by atoms with Crippen molar-refractivity contribution >= 4 is 45.6 Å². The van der Waals surface area contributed by atoms with E-state index in [9.17, 15) is 19.2 Å².